The third-order valence-electron chi connectivity index (χ3n) is 2.67. The molecule has 0 amide bonds. The highest BCUT2D eigenvalue weighted by molar-refractivity contribution is 7.18. The second-order valence-electron chi connectivity index (χ2n) is 5.77. The minimum Gasteiger partial charge on any atom is -0.466 e. The summed E-state index contributed by atoms with van der Waals surface area (Å²) < 4.78 is 11.1. The van der Waals surface area contributed by atoms with Crippen molar-refractivity contribution < 1.29 is 19.1 Å². The van der Waals surface area contributed by atoms with Crippen molar-refractivity contribution in [3.63, 3.8) is 0 Å². The maximum Gasteiger partial charge on any atom is 0.338 e. The predicted molar refractivity (Wildman–Crippen MR) is 85.1 cm³/mol. The van der Waals surface area contributed by atoms with Crippen LogP contribution >= 0.6 is 11.3 Å². The summed E-state index contributed by atoms with van der Waals surface area (Å²) in [6.07, 6.45) is 0.148. The lowest BCUT2D eigenvalue weighted by Crippen LogP contribution is -2.23. The highest BCUT2D eigenvalue weighted by Gasteiger charge is 2.19. The number of thiazole rings is 1. The van der Waals surface area contributed by atoms with E-state index < -0.39 is 5.60 Å². The molecule has 6 heteroatoms. The molecule has 0 saturated heterocycles. The first kappa shape index (κ1) is 16.4. The summed E-state index contributed by atoms with van der Waals surface area (Å²) in [5, 5.41) is 0.676. The van der Waals surface area contributed by atoms with Crippen LogP contribution in [0.5, 0.6) is 0 Å². The van der Waals surface area contributed by atoms with Gasteiger partial charge >= 0.3 is 11.9 Å². The number of hydrogen-bond acceptors (Lipinski definition) is 6. The fourth-order valence-corrected chi connectivity index (χ4v) is 2.84. The number of carbonyl (C=O) groups is 2. The van der Waals surface area contributed by atoms with Crippen LogP contribution in [0.2, 0.25) is 0 Å². The summed E-state index contributed by atoms with van der Waals surface area (Å²) in [5.74, 6) is -0.663. The number of carbonyl (C=O) groups excluding carboxylic acids is 2. The highest BCUT2D eigenvalue weighted by Crippen LogP contribution is 2.25. The van der Waals surface area contributed by atoms with Gasteiger partial charge in [-0.3, -0.25) is 4.79 Å². The molecule has 1 heterocycles. The van der Waals surface area contributed by atoms with Gasteiger partial charge in [0.15, 0.2) is 0 Å². The van der Waals surface area contributed by atoms with Crippen LogP contribution in [-0.4, -0.2) is 29.1 Å². The molecule has 1 aromatic heterocycles. The van der Waals surface area contributed by atoms with Gasteiger partial charge in [0.25, 0.3) is 0 Å². The Balaban J connectivity index is 2.20. The molecular weight excluding hydrogens is 302 g/mol. The zero-order valence-corrected chi connectivity index (χ0v) is 14.0. The van der Waals surface area contributed by atoms with Crippen molar-refractivity contribution in [1.29, 1.82) is 0 Å². The number of fused-ring (bicyclic) bond motifs is 1. The van der Waals surface area contributed by atoms with E-state index in [-0.39, 0.29) is 18.4 Å². The monoisotopic (exact) mass is 321 g/mol. The Hall–Kier alpha value is -1.95. The molecule has 0 radical (unpaired) electrons. The van der Waals surface area contributed by atoms with Crippen molar-refractivity contribution in [3.05, 3.63) is 28.8 Å². The molecule has 0 saturated carbocycles. The largest absolute Gasteiger partial charge is 0.466 e. The molecule has 2 aromatic rings. The summed E-state index contributed by atoms with van der Waals surface area (Å²) in [6, 6.07) is 5.19. The molecule has 0 fully saturated rings. The zero-order chi connectivity index (χ0) is 16.3. The summed E-state index contributed by atoms with van der Waals surface area (Å²) in [5.41, 5.74) is 0.708. The molecular formula is C16H19NO4S. The lowest BCUT2D eigenvalue weighted by Gasteiger charge is -2.19. The Morgan fingerprint density at radius 1 is 1.27 bits per heavy atom. The molecule has 22 heavy (non-hydrogen) atoms. The van der Waals surface area contributed by atoms with Crippen LogP contribution < -0.4 is 0 Å². The standard InChI is InChI=1S/C16H19NO4S/c1-5-20-14(18)9-13-17-11-7-6-10(8-12(11)22-13)15(19)21-16(2,3)4/h6-8H,5,9H2,1-4H3. The van der Waals surface area contributed by atoms with Crippen molar-refractivity contribution in [2.45, 2.75) is 39.7 Å². The number of benzene rings is 1. The molecule has 0 unspecified atom stereocenters. The summed E-state index contributed by atoms with van der Waals surface area (Å²) >= 11 is 1.38. The number of rotatable bonds is 4. The van der Waals surface area contributed by atoms with Gasteiger partial charge in [0.1, 0.15) is 10.6 Å². The topological polar surface area (TPSA) is 65.5 Å². The van der Waals surface area contributed by atoms with Crippen LogP contribution in [0.3, 0.4) is 0 Å². The molecule has 2 rings (SSSR count). The van der Waals surface area contributed by atoms with Gasteiger partial charge in [-0.1, -0.05) is 0 Å². The quantitative estimate of drug-likeness (QED) is 0.808. The molecule has 0 atom stereocenters. The van der Waals surface area contributed by atoms with Crippen molar-refractivity contribution in [3.8, 4) is 0 Å². The van der Waals surface area contributed by atoms with Gasteiger partial charge in [0.2, 0.25) is 0 Å². The number of hydrogen-bond donors (Lipinski definition) is 0. The summed E-state index contributed by atoms with van der Waals surface area (Å²) in [6.45, 7) is 7.60. The average Bonchev–Trinajstić information content (AvgIpc) is 2.77. The lowest BCUT2D eigenvalue weighted by atomic mass is 10.1. The number of esters is 2. The van der Waals surface area contributed by atoms with E-state index in [2.05, 4.69) is 4.98 Å². The van der Waals surface area contributed by atoms with Crippen molar-refractivity contribution in [1.82, 2.24) is 4.98 Å². The first-order valence-electron chi connectivity index (χ1n) is 7.07. The van der Waals surface area contributed by atoms with Gasteiger partial charge < -0.3 is 9.47 Å². The first-order valence-corrected chi connectivity index (χ1v) is 7.88. The summed E-state index contributed by atoms with van der Waals surface area (Å²) in [7, 11) is 0. The molecule has 5 nitrogen and oxygen atoms in total. The Morgan fingerprint density at radius 2 is 2.00 bits per heavy atom. The van der Waals surface area contributed by atoms with Crippen LogP contribution in [0, 0.1) is 0 Å². The smallest absolute Gasteiger partial charge is 0.338 e. The zero-order valence-electron chi connectivity index (χ0n) is 13.1. The molecule has 118 valence electrons. The van der Waals surface area contributed by atoms with E-state index in [1.54, 1.807) is 25.1 Å². The van der Waals surface area contributed by atoms with Crippen molar-refractivity contribution in [2.24, 2.45) is 0 Å². The van der Waals surface area contributed by atoms with Gasteiger partial charge in [-0.15, -0.1) is 11.3 Å². The van der Waals surface area contributed by atoms with E-state index in [1.807, 2.05) is 20.8 Å². The third kappa shape index (κ3) is 4.27. The normalized spacial score (nSPS) is 11.5. The van der Waals surface area contributed by atoms with E-state index in [0.717, 1.165) is 10.2 Å². The Bertz CT molecular complexity index is 700. The highest BCUT2D eigenvalue weighted by atomic mass is 32.1. The first-order chi connectivity index (χ1) is 10.3. The number of nitrogens with zero attached hydrogens (tertiary/aromatic N) is 1. The van der Waals surface area contributed by atoms with Gasteiger partial charge in [0, 0.05) is 0 Å². The molecule has 0 aliphatic carbocycles. The molecule has 0 spiro atoms. The third-order valence-corrected chi connectivity index (χ3v) is 3.69. The van der Waals surface area contributed by atoms with Gasteiger partial charge in [-0.2, -0.15) is 0 Å². The van der Waals surface area contributed by atoms with Crippen molar-refractivity contribution in [2.75, 3.05) is 6.61 Å². The Kier molecular flexibility index (Phi) is 4.81. The van der Waals surface area contributed by atoms with E-state index >= 15 is 0 Å². The van der Waals surface area contributed by atoms with Crippen molar-refractivity contribution >= 4 is 33.5 Å². The molecule has 0 N–H and O–H groups in total. The van der Waals surface area contributed by atoms with Crippen LogP contribution in [0.4, 0.5) is 0 Å². The minimum absolute atomic E-state index is 0.148. The fourth-order valence-electron chi connectivity index (χ4n) is 1.85. The maximum absolute atomic E-state index is 12.1. The average molecular weight is 321 g/mol. The minimum atomic E-state index is -0.533. The van der Waals surface area contributed by atoms with E-state index in [1.165, 1.54) is 11.3 Å². The molecule has 0 aliphatic heterocycles. The van der Waals surface area contributed by atoms with Gasteiger partial charge in [-0.25, -0.2) is 9.78 Å². The molecule has 0 aliphatic rings. The Morgan fingerprint density at radius 3 is 2.64 bits per heavy atom. The number of ether oxygens (including phenoxy) is 2. The second-order valence-corrected chi connectivity index (χ2v) is 6.89. The van der Waals surface area contributed by atoms with E-state index in [9.17, 15) is 9.59 Å². The molecule has 0 bridgehead atoms. The van der Waals surface area contributed by atoms with Crippen LogP contribution in [0.1, 0.15) is 43.1 Å². The SMILES string of the molecule is CCOC(=O)Cc1nc2ccc(C(=O)OC(C)(C)C)cc2s1. The number of aromatic nitrogens is 1. The predicted octanol–water partition coefficient (Wildman–Crippen LogP) is 3.36. The van der Waals surface area contributed by atoms with Crippen LogP contribution in [0.25, 0.3) is 10.2 Å². The molecule has 1 aromatic carbocycles. The summed E-state index contributed by atoms with van der Waals surface area (Å²) in [4.78, 5) is 27.9. The van der Waals surface area contributed by atoms with Crippen LogP contribution in [0.15, 0.2) is 18.2 Å². The van der Waals surface area contributed by atoms with Gasteiger partial charge in [-0.05, 0) is 45.9 Å². The van der Waals surface area contributed by atoms with Gasteiger partial charge in [0.05, 0.1) is 28.8 Å². The fraction of sp³-hybridized carbons (Fsp3) is 0.438. The lowest BCUT2D eigenvalue weighted by molar-refractivity contribution is -0.142. The maximum atomic E-state index is 12.1. The van der Waals surface area contributed by atoms with E-state index in [4.69, 9.17) is 9.47 Å². The Labute approximate surface area is 133 Å². The van der Waals surface area contributed by atoms with E-state index in [0.29, 0.717) is 17.2 Å². The van der Waals surface area contributed by atoms with Crippen LogP contribution in [-0.2, 0) is 20.7 Å². The second kappa shape index (κ2) is 6.44.